The molecule has 0 bridgehead atoms. The second kappa shape index (κ2) is 4.40. The largest absolute Gasteiger partial charge is 0.388 e. The van der Waals surface area contributed by atoms with Crippen LogP contribution in [0.2, 0.25) is 0 Å². The second-order valence-corrected chi connectivity index (χ2v) is 6.07. The van der Waals surface area contributed by atoms with Gasteiger partial charge in [-0.2, -0.15) is 0 Å². The lowest BCUT2D eigenvalue weighted by Gasteiger charge is -2.39. The highest BCUT2D eigenvalue weighted by Gasteiger charge is 2.38. The molecule has 1 fully saturated rings. The van der Waals surface area contributed by atoms with Crippen LogP contribution in [-0.4, -0.2) is 45.8 Å². The van der Waals surface area contributed by atoms with Gasteiger partial charge in [0.05, 0.1) is 16.6 Å². The third-order valence-electron chi connectivity index (χ3n) is 3.24. The Bertz CT molecular complexity index is 427. The average molecular weight is 255 g/mol. The molecule has 1 aliphatic heterocycles. The van der Waals surface area contributed by atoms with Crippen molar-refractivity contribution in [1.29, 1.82) is 0 Å². The number of amides is 1. The van der Waals surface area contributed by atoms with Crippen LogP contribution in [-0.2, 0) is 0 Å². The number of likely N-dealkylation sites (tertiary alicyclic amines) is 1. The number of thiophene rings is 1. The number of carbonyl (C=O) groups is 1. The molecule has 0 aliphatic carbocycles. The van der Waals surface area contributed by atoms with E-state index >= 15 is 0 Å². The van der Waals surface area contributed by atoms with E-state index in [1.165, 1.54) is 11.3 Å². The molecule has 0 spiro atoms. The van der Waals surface area contributed by atoms with Crippen molar-refractivity contribution < 1.29 is 15.0 Å². The Labute approximate surface area is 104 Å². The van der Waals surface area contributed by atoms with Gasteiger partial charge in [-0.3, -0.25) is 4.79 Å². The van der Waals surface area contributed by atoms with Gasteiger partial charge in [-0.05, 0) is 32.4 Å². The zero-order valence-corrected chi connectivity index (χ0v) is 10.8. The fourth-order valence-corrected chi connectivity index (χ4v) is 2.75. The van der Waals surface area contributed by atoms with Crippen LogP contribution in [0.1, 0.15) is 27.9 Å². The number of aliphatic hydroxyl groups excluding tert-OH is 1. The minimum atomic E-state index is -1.08. The van der Waals surface area contributed by atoms with E-state index in [9.17, 15) is 15.0 Å². The van der Waals surface area contributed by atoms with E-state index in [-0.39, 0.29) is 12.5 Å². The number of carbonyl (C=O) groups excluding carboxylic acids is 1. The van der Waals surface area contributed by atoms with Crippen LogP contribution < -0.4 is 0 Å². The first kappa shape index (κ1) is 12.5. The van der Waals surface area contributed by atoms with Crippen LogP contribution in [0.4, 0.5) is 0 Å². The van der Waals surface area contributed by atoms with Crippen LogP contribution in [0.15, 0.2) is 12.1 Å². The number of piperidine rings is 1. The van der Waals surface area contributed by atoms with E-state index in [1.807, 2.05) is 19.1 Å². The van der Waals surface area contributed by atoms with Crippen molar-refractivity contribution >= 4 is 17.2 Å². The summed E-state index contributed by atoms with van der Waals surface area (Å²) in [5.74, 6) is -0.0577. The standard InChI is InChI=1S/C12H17NO3S/c1-8-3-4-9(17-8)11(15)13-6-5-12(2,16)10(14)7-13/h3-4,10,14,16H,5-7H2,1-2H3. The van der Waals surface area contributed by atoms with Gasteiger partial charge in [-0.1, -0.05) is 0 Å². The topological polar surface area (TPSA) is 60.8 Å². The van der Waals surface area contributed by atoms with E-state index in [0.717, 1.165) is 4.88 Å². The SMILES string of the molecule is Cc1ccc(C(=O)N2CCC(C)(O)C(O)C2)s1. The number of nitrogens with zero attached hydrogens (tertiary/aromatic N) is 1. The highest BCUT2D eigenvalue weighted by molar-refractivity contribution is 7.13. The van der Waals surface area contributed by atoms with Gasteiger partial charge in [-0.15, -0.1) is 11.3 Å². The molecule has 94 valence electrons. The minimum Gasteiger partial charge on any atom is -0.388 e. The third kappa shape index (κ3) is 2.51. The molecule has 0 aromatic carbocycles. The zero-order chi connectivity index (χ0) is 12.6. The zero-order valence-electron chi connectivity index (χ0n) is 10.0. The van der Waals surface area contributed by atoms with Crippen LogP contribution >= 0.6 is 11.3 Å². The number of hydrogen-bond acceptors (Lipinski definition) is 4. The first-order valence-electron chi connectivity index (χ1n) is 5.66. The maximum absolute atomic E-state index is 12.1. The molecule has 1 aliphatic rings. The molecule has 2 N–H and O–H groups in total. The lowest BCUT2D eigenvalue weighted by molar-refractivity contribution is -0.0998. The third-order valence-corrected chi connectivity index (χ3v) is 4.23. The van der Waals surface area contributed by atoms with Gasteiger partial charge < -0.3 is 15.1 Å². The summed E-state index contributed by atoms with van der Waals surface area (Å²) in [6.45, 7) is 4.24. The molecule has 2 atom stereocenters. The normalized spacial score (nSPS) is 29.4. The van der Waals surface area contributed by atoms with E-state index < -0.39 is 11.7 Å². The van der Waals surface area contributed by atoms with Gasteiger partial charge >= 0.3 is 0 Å². The van der Waals surface area contributed by atoms with Crippen molar-refractivity contribution in [2.45, 2.75) is 32.0 Å². The molecule has 1 aromatic heterocycles. The van der Waals surface area contributed by atoms with E-state index in [4.69, 9.17) is 0 Å². The molecule has 5 heteroatoms. The van der Waals surface area contributed by atoms with Crippen LogP contribution in [0, 0.1) is 6.92 Å². The minimum absolute atomic E-state index is 0.0577. The molecular weight excluding hydrogens is 238 g/mol. The van der Waals surface area contributed by atoms with Crippen molar-refractivity contribution in [1.82, 2.24) is 4.90 Å². The highest BCUT2D eigenvalue weighted by Crippen LogP contribution is 2.24. The highest BCUT2D eigenvalue weighted by atomic mass is 32.1. The first-order chi connectivity index (χ1) is 7.90. The van der Waals surface area contributed by atoms with Crippen molar-refractivity contribution in [3.63, 3.8) is 0 Å². The molecule has 1 aromatic rings. The molecule has 17 heavy (non-hydrogen) atoms. The summed E-state index contributed by atoms with van der Waals surface area (Å²) in [4.78, 5) is 15.5. The van der Waals surface area contributed by atoms with Gasteiger partial charge in [0.15, 0.2) is 0 Å². The number of aryl methyl sites for hydroxylation is 1. The van der Waals surface area contributed by atoms with E-state index in [1.54, 1.807) is 11.8 Å². The van der Waals surface area contributed by atoms with Crippen molar-refractivity contribution in [3.8, 4) is 0 Å². The van der Waals surface area contributed by atoms with Gasteiger partial charge in [0.25, 0.3) is 5.91 Å². The number of rotatable bonds is 1. The average Bonchev–Trinajstić information content (AvgIpc) is 2.68. The summed E-state index contributed by atoms with van der Waals surface area (Å²) < 4.78 is 0. The van der Waals surface area contributed by atoms with Gasteiger partial charge in [0.1, 0.15) is 0 Å². The van der Waals surface area contributed by atoms with Crippen molar-refractivity contribution in [3.05, 3.63) is 21.9 Å². The summed E-state index contributed by atoms with van der Waals surface area (Å²) >= 11 is 1.46. The molecule has 0 saturated carbocycles. The predicted molar refractivity (Wildman–Crippen MR) is 66.2 cm³/mol. The molecule has 2 rings (SSSR count). The molecule has 2 heterocycles. The molecule has 0 radical (unpaired) electrons. The number of β-amino-alcohol motifs (C(OH)–C–C–N with tert-alkyl or cyclic N) is 1. The summed E-state index contributed by atoms with van der Waals surface area (Å²) in [5.41, 5.74) is -1.08. The van der Waals surface area contributed by atoms with E-state index in [2.05, 4.69) is 0 Å². The van der Waals surface area contributed by atoms with Crippen LogP contribution in [0.25, 0.3) is 0 Å². The molecular formula is C12H17NO3S. The Kier molecular flexibility index (Phi) is 3.25. The summed E-state index contributed by atoms with van der Waals surface area (Å²) in [5, 5.41) is 19.6. The Morgan fingerprint density at radius 3 is 2.82 bits per heavy atom. The Balaban J connectivity index is 2.08. The number of aliphatic hydroxyl groups is 2. The summed E-state index contributed by atoms with van der Waals surface area (Å²) in [7, 11) is 0. The Hall–Kier alpha value is -0.910. The quantitative estimate of drug-likeness (QED) is 0.787. The molecule has 2 unspecified atom stereocenters. The Morgan fingerprint density at radius 2 is 2.29 bits per heavy atom. The fourth-order valence-electron chi connectivity index (χ4n) is 1.91. The van der Waals surface area contributed by atoms with Gasteiger partial charge in [0, 0.05) is 18.0 Å². The summed E-state index contributed by atoms with van der Waals surface area (Å²) in [6, 6.07) is 3.72. The van der Waals surface area contributed by atoms with Crippen molar-refractivity contribution in [2.75, 3.05) is 13.1 Å². The Morgan fingerprint density at radius 1 is 1.59 bits per heavy atom. The van der Waals surface area contributed by atoms with E-state index in [0.29, 0.717) is 17.8 Å². The van der Waals surface area contributed by atoms with Crippen molar-refractivity contribution in [2.24, 2.45) is 0 Å². The lowest BCUT2D eigenvalue weighted by Crippen LogP contribution is -2.55. The lowest BCUT2D eigenvalue weighted by atomic mass is 9.91. The van der Waals surface area contributed by atoms with Gasteiger partial charge in [-0.25, -0.2) is 0 Å². The number of hydrogen-bond donors (Lipinski definition) is 2. The fraction of sp³-hybridized carbons (Fsp3) is 0.583. The first-order valence-corrected chi connectivity index (χ1v) is 6.48. The molecule has 4 nitrogen and oxygen atoms in total. The second-order valence-electron chi connectivity index (χ2n) is 4.78. The van der Waals surface area contributed by atoms with Crippen LogP contribution in [0.3, 0.4) is 0 Å². The predicted octanol–water partition coefficient (Wildman–Crippen LogP) is 1.01. The van der Waals surface area contributed by atoms with Crippen LogP contribution in [0.5, 0.6) is 0 Å². The smallest absolute Gasteiger partial charge is 0.264 e. The maximum atomic E-state index is 12.1. The monoisotopic (exact) mass is 255 g/mol. The maximum Gasteiger partial charge on any atom is 0.264 e. The van der Waals surface area contributed by atoms with Gasteiger partial charge in [0.2, 0.25) is 0 Å². The molecule has 1 saturated heterocycles. The molecule has 1 amide bonds. The summed E-state index contributed by atoms with van der Waals surface area (Å²) in [6.07, 6.45) is -0.467.